The highest BCUT2D eigenvalue weighted by Gasteiger charge is 2.31. The van der Waals surface area contributed by atoms with Gasteiger partial charge >= 0.3 is 0 Å². The normalized spacial score (nSPS) is 18.0. The molecule has 2 atom stereocenters. The second-order valence-electron chi connectivity index (χ2n) is 11.2. The molecule has 1 N–H and O–H groups in total. The molecule has 0 saturated heterocycles. The third-order valence-corrected chi connectivity index (χ3v) is 8.76. The molecule has 0 fully saturated rings. The Hall–Kier alpha value is -5.35. The lowest BCUT2D eigenvalue weighted by atomic mass is 9.92. The smallest absolute Gasteiger partial charge is 0.144 e. The molecule has 4 heteroatoms. The van der Waals surface area contributed by atoms with Gasteiger partial charge in [0.05, 0.1) is 28.1 Å². The second kappa shape index (κ2) is 9.08. The van der Waals surface area contributed by atoms with Crippen LogP contribution in [0.4, 0.5) is 11.4 Å². The lowest BCUT2D eigenvalue weighted by Crippen LogP contribution is -2.33. The van der Waals surface area contributed by atoms with Crippen LogP contribution < -0.4 is 5.32 Å². The predicted octanol–water partition coefficient (Wildman–Crippen LogP) is 10.2. The Labute approximate surface area is 242 Å². The maximum atomic E-state index is 6.70. The minimum atomic E-state index is -0.148. The summed E-state index contributed by atoms with van der Waals surface area (Å²) in [6, 6.07) is 38.5. The van der Waals surface area contributed by atoms with E-state index in [1.54, 1.807) is 0 Å². The minimum Gasteiger partial charge on any atom is -0.455 e. The van der Waals surface area contributed by atoms with Crippen LogP contribution in [-0.2, 0) is 0 Å². The van der Waals surface area contributed by atoms with Crippen molar-refractivity contribution in [3.05, 3.63) is 133 Å². The van der Waals surface area contributed by atoms with Gasteiger partial charge in [-0.3, -0.25) is 4.99 Å². The van der Waals surface area contributed by atoms with Crippen molar-refractivity contribution in [2.75, 3.05) is 5.32 Å². The van der Waals surface area contributed by atoms with E-state index in [0.717, 1.165) is 62.1 Å². The summed E-state index contributed by atoms with van der Waals surface area (Å²) in [5, 5.41) is 8.59. The summed E-state index contributed by atoms with van der Waals surface area (Å²) in [7, 11) is 0. The number of rotatable bonds is 3. The first-order chi connectivity index (χ1) is 20.8. The summed E-state index contributed by atoms with van der Waals surface area (Å²) < 4.78 is 9.13. The van der Waals surface area contributed by atoms with Crippen molar-refractivity contribution in [3.63, 3.8) is 0 Å². The third-order valence-electron chi connectivity index (χ3n) is 8.76. The number of nitrogens with zero attached hydrogens (tertiary/aromatic N) is 2. The number of hydrogen-bond acceptors (Lipinski definition) is 3. The highest BCUT2D eigenvalue weighted by atomic mass is 16.3. The van der Waals surface area contributed by atoms with Gasteiger partial charge in [0.15, 0.2) is 0 Å². The van der Waals surface area contributed by atoms with Gasteiger partial charge in [0, 0.05) is 39.1 Å². The van der Waals surface area contributed by atoms with Crippen molar-refractivity contribution in [2.24, 2.45) is 10.9 Å². The number of hydrogen-bond donors (Lipinski definition) is 1. The van der Waals surface area contributed by atoms with Crippen molar-refractivity contribution in [1.82, 2.24) is 4.57 Å². The molecule has 0 bridgehead atoms. The van der Waals surface area contributed by atoms with E-state index in [4.69, 9.17) is 9.41 Å². The lowest BCUT2D eigenvalue weighted by molar-refractivity contribution is 0.669. The van der Waals surface area contributed by atoms with E-state index >= 15 is 0 Å². The number of nitrogens with one attached hydrogen (secondary N) is 1. The highest BCUT2D eigenvalue weighted by molar-refractivity contribution is 6.19. The van der Waals surface area contributed by atoms with Crippen LogP contribution >= 0.6 is 0 Å². The van der Waals surface area contributed by atoms with Gasteiger partial charge < -0.3 is 14.3 Å². The highest BCUT2D eigenvalue weighted by Crippen LogP contribution is 2.43. The average Bonchev–Trinajstić information content (AvgIpc) is 3.58. The molecule has 3 heterocycles. The van der Waals surface area contributed by atoms with Crippen molar-refractivity contribution in [1.29, 1.82) is 0 Å². The summed E-state index contributed by atoms with van der Waals surface area (Å²) in [6.45, 7) is 0. The van der Waals surface area contributed by atoms with E-state index < -0.39 is 0 Å². The van der Waals surface area contributed by atoms with Crippen LogP contribution in [0.5, 0.6) is 0 Å². The van der Waals surface area contributed by atoms with Gasteiger partial charge in [-0.05, 0) is 36.2 Å². The van der Waals surface area contributed by atoms with E-state index in [-0.39, 0.29) is 12.1 Å². The largest absolute Gasteiger partial charge is 0.455 e. The first-order valence-corrected chi connectivity index (χ1v) is 14.5. The quantitative estimate of drug-likeness (QED) is 0.242. The van der Waals surface area contributed by atoms with Gasteiger partial charge in [0.25, 0.3) is 0 Å². The molecule has 1 aliphatic heterocycles. The van der Waals surface area contributed by atoms with Crippen LogP contribution in [0.25, 0.3) is 54.9 Å². The zero-order chi connectivity index (χ0) is 27.6. The topological polar surface area (TPSA) is 42.5 Å². The fourth-order valence-electron chi connectivity index (χ4n) is 6.81. The zero-order valence-electron chi connectivity index (χ0n) is 22.9. The van der Waals surface area contributed by atoms with Crippen LogP contribution in [0.2, 0.25) is 0 Å². The van der Waals surface area contributed by atoms with Gasteiger partial charge in [0.2, 0.25) is 0 Å². The van der Waals surface area contributed by atoms with E-state index in [1.807, 2.05) is 6.07 Å². The Bertz CT molecular complexity index is 2260. The number of aliphatic imine (C=N–C) groups is 1. The molecular weight excluding hydrogens is 514 g/mol. The Morgan fingerprint density at radius 1 is 0.714 bits per heavy atom. The van der Waals surface area contributed by atoms with Gasteiger partial charge in [-0.2, -0.15) is 0 Å². The number of allylic oxidation sites excluding steroid dienone is 4. The SMILES string of the molecule is C1=CCC(C2=Nc3ccccc3NC2n2c3ccccc3c3cc4c(cc32)oc2c(-c3ccccc3)cccc24)C=C1. The third kappa shape index (κ3) is 3.45. The fourth-order valence-corrected chi connectivity index (χ4v) is 6.81. The molecule has 0 radical (unpaired) electrons. The van der Waals surface area contributed by atoms with Crippen molar-refractivity contribution in [3.8, 4) is 11.1 Å². The van der Waals surface area contributed by atoms with Gasteiger partial charge in [-0.25, -0.2) is 0 Å². The molecule has 1 aliphatic carbocycles. The van der Waals surface area contributed by atoms with Crippen LogP contribution in [-0.4, -0.2) is 10.3 Å². The van der Waals surface area contributed by atoms with E-state index in [9.17, 15) is 0 Å². The summed E-state index contributed by atoms with van der Waals surface area (Å²) in [5.41, 5.74) is 9.53. The zero-order valence-corrected chi connectivity index (χ0v) is 22.9. The molecule has 9 rings (SSSR count). The average molecular weight is 542 g/mol. The van der Waals surface area contributed by atoms with Crippen LogP contribution in [0.1, 0.15) is 12.6 Å². The molecular formula is C38H27N3O. The Morgan fingerprint density at radius 3 is 2.45 bits per heavy atom. The molecule has 7 aromatic rings. The Kier molecular flexibility index (Phi) is 5.05. The molecule has 4 nitrogen and oxygen atoms in total. The van der Waals surface area contributed by atoms with E-state index in [1.165, 1.54) is 16.3 Å². The molecule has 0 amide bonds. The summed E-state index contributed by atoms with van der Waals surface area (Å²) in [6.07, 6.45) is 9.56. The van der Waals surface area contributed by atoms with Crippen molar-refractivity contribution >= 4 is 60.8 Å². The molecule has 0 spiro atoms. The molecule has 0 saturated carbocycles. The first kappa shape index (κ1) is 23.4. The lowest BCUT2D eigenvalue weighted by Gasteiger charge is -2.33. The van der Waals surface area contributed by atoms with Crippen molar-refractivity contribution < 1.29 is 4.42 Å². The molecule has 5 aromatic carbocycles. The number of anilines is 1. The molecule has 2 unspecified atom stereocenters. The number of benzene rings is 5. The number of para-hydroxylation sites is 4. The van der Waals surface area contributed by atoms with E-state index in [2.05, 4.69) is 137 Å². The number of aromatic nitrogens is 1. The van der Waals surface area contributed by atoms with Gasteiger partial charge in [-0.15, -0.1) is 0 Å². The molecule has 200 valence electrons. The summed E-state index contributed by atoms with van der Waals surface area (Å²) in [4.78, 5) is 5.29. The molecule has 2 aromatic heterocycles. The fraction of sp³-hybridized carbons (Fsp3) is 0.0789. The van der Waals surface area contributed by atoms with Gasteiger partial charge in [-0.1, -0.05) is 103 Å². The van der Waals surface area contributed by atoms with E-state index in [0.29, 0.717) is 0 Å². The summed E-state index contributed by atoms with van der Waals surface area (Å²) >= 11 is 0. The first-order valence-electron chi connectivity index (χ1n) is 14.5. The van der Waals surface area contributed by atoms with Crippen LogP contribution in [0, 0.1) is 5.92 Å². The molecule has 42 heavy (non-hydrogen) atoms. The second-order valence-corrected chi connectivity index (χ2v) is 11.2. The Morgan fingerprint density at radius 2 is 1.55 bits per heavy atom. The standard InChI is InChI=1S/C38H27N3O/c1-3-12-24(13-4-1)26-17-11-18-28-30-22-29-27-16-7-10-21-33(27)41(34(29)23-35(30)42-37(26)28)38-36(25-14-5-2-6-15-25)39-31-19-8-9-20-32(31)40-38/h1-14,16-23,25,38,40H,15H2. The minimum absolute atomic E-state index is 0.148. The predicted molar refractivity (Wildman–Crippen MR) is 175 cm³/mol. The maximum absolute atomic E-state index is 6.70. The number of furan rings is 1. The van der Waals surface area contributed by atoms with Crippen LogP contribution in [0.3, 0.4) is 0 Å². The monoisotopic (exact) mass is 541 g/mol. The van der Waals surface area contributed by atoms with Crippen LogP contribution in [0.15, 0.2) is 143 Å². The number of fused-ring (bicyclic) bond motifs is 7. The Balaban J connectivity index is 1.32. The summed E-state index contributed by atoms with van der Waals surface area (Å²) in [5.74, 6) is 0.209. The maximum Gasteiger partial charge on any atom is 0.144 e. The molecule has 2 aliphatic rings. The van der Waals surface area contributed by atoms with Gasteiger partial charge in [0.1, 0.15) is 17.3 Å². The van der Waals surface area contributed by atoms with Crippen molar-refractivity contribution in [2.45, 2.75) is 12.6 Å².